The van der Waals surface area contributed by atoms with Gasteiger partial charge in [-0.15, -0.1) is 0 Å². The highest BCUT2D eigenvalue weighted by Crippen LogP contribution is 2.25. The van der Waals surface area contributed by atoms with Gasteiger partial charge in [-0.3, -0.25) is 4.98 Å². The van der Waals surface area contributed by atoms with Gasteiger partial charge in [0.05, 0.1) is 6.61 Å². The Balaban J connectivity index is 2.41. The first kappa shape index (κ1) is 11.1. The predicted molar refractivity (Wildman–Crippen MR) is 65.3 cm³/mol. The third-order valence-corrected chi connectivity index (χ3v) is 2.82. The molecule has 1 heterocycles. The second-order valence-electron chi connectivity index (χ2n) is 3.65. The van der Waals surface area contributed by atoms with Crippen LogP contribution >= 0.6 is 11.6 Å². The maximum atomic E-state index is 9.02. The van der Waals surface area contributed by atoms with Crippen molar-refractivity contribution in [3.8, 4) is 11.1 Å². The van der Waals surface area contributed by atoms with Crippen LogP contribution in [0.4, 0.5) is 0 Å². The molecule has 0 aliphatic rings. The van der Waals surface area contributed by atoms with Gasteiger partial charge in [0, 0.05) is 22.5 Å². The van der Waals surface area contributed by atoms with Gasteiger partial charge in [-0.05, 0) is 30.2 Å². The van der Waals surface area contributed by atoms with Gasteiger partial charge in [0.2, 0.25) is 0 Å². The number of rotatable bonds is 2. The normalized spacial score (nSPS) is 10.4. The number of hydrogen-bond donors (Lipinski definition) is 1. The largest absolute Gasteiger partial charge is 0.392 e. The van der Waals surface area contributed by atoms with Crippen molar-refractivity contribution < 1.29 is 5.11 Å². The Bertz CT molecular complexity index is 494. The van der Waals surface area contributed by atoms with Gasteiger partial charge in [-0.2, -0.15) is 0 Å². The Labute approximate surface area is 99.5 Å². The summed E-state index contributed by atoms with van der Waals surface area (Å²) in [7, 11) is 0. The first-order chi connectivity index (χ1) is 7.70. The zero-order valence-corrected chi connectivity index (χ0v) is 9.70. The first-order valence-electron chi connectivity index (χ1n) is 5.03. The smallest absolute Gasteiger partial charge is 0.0696 e. The zero-order chi connectivity index (χ0) is 11.5. The molecular weight excluding hydrogens is 222 g/mol. The number of aryl methyl sites for hydroxylation is 1. The molecule has 0 aliphatic heterocycles. The van der Waals surface area contributed by atoms with Crippen LogP contribution in [0, 0.1) is 6.92 Å². The lowest BCUT2D eigenvalue weighted by atomic mass is 10.1. The molecule has 0 saturated heterocycles. The molecule has 0 radical (unpaired) electrons. The number of pyridine rings is 1. The topological polar surface area (TPSA) is 33.1 Å². The highest BCUT2D eigenvalue weighted by Gasteiger charge is 2.03. The summed E-state index contributed by atoms with van der Waals surface area (Å²) in [5.74, 6) is 0. The summed E-state index contributed by atoms with van der Waals surface area (Å²) in [5, 5.41) is 9.60. The van der Waals surface area contributed by atoms with Crippen molar-refractivity contribution in [2.24, 2.45) is 0 Å². The van der Waals surface area contributed by atoms with E-state index in [0.29, 0.717) is 5.02 Å². The number of benzene rings is 1. The lowest BCUT2D eigenvalue weighted by Crippen LogP contribution is -1.87. The van der Waals surface area contributed by atoms with Crippen LogP contribution in [0.15, 0.2) is 36.5 Å². The van der Waals surface area contributed by atoms with Crippen LogP contribution in [-0.2, 0) is 6.61 Å². The Morgan fingerprint density at radius 3 is 2.50 bits per heavy atom. The van der Waals surface area contributed by atoms with Gasteiger partial charge in [-0.1, -0.05) is 29.8 Å². The fourth-order valence-electron chi connectivity index (χ4n) is 1.49. The summed E-state index contributed by atoms with van der Waals surface area (Å²) in [5.41, 5.74) is 3.76. The Hall–Kier alpha value is -1.38. The van der Waals surface area contributed by atoms with Crippen LogP contribution in [0.2, 0.25) is 5.02 Å². The zero-order valence-electron chi connectivity index (χ0n) is 8.94. The molecule has 1 aromatic carbocycles. The lowest BCUT2D eigenvalue weighted by Gasteiger charge is -2.05. The van der Waals surface area contributed by atoms with E-state index in [-0.39, 0.29) is 6.61 Å². The molecule has 0 spiro atoms. The van der Waals surface area contributed by atoms with Crippen molar-refractivity contribution in [3.63, 3.8) is 0 Å². The number of nitrogens with zero attached hydrogens (tertiary/aromatic N) is 1. The van der Waals surface area contributed by atoms with E-state index < -0.39 is 0 Å². The average Bonchev–Trinajstić information content (AvgIpc) is 2.30. The van der Waals surface area contributed by atoms with E-state index in [2.05, 4.69) is 4.98 Å². The summed E-state index contributed by atoms with van der Waals surface area (Å²) in [4.78, 5) is 4.24. The van der Waals surface area contributed by atoms with Crippen molar-refractivity contribution >= 4 is 11.6 Å². The summed E-state index contributed by atoms with van der Waals surface area (Å²) >= 11 is 6.03. The molecule has 2 nitrogen and oxygen atoms in total. The van der Waals surface area contributed by atoms with Gasteiger partial charge in [0.1, 0.15) is 0 Å². The molecule has 0 atom stereocenters. The molecule has 1 N–H and O–H groups in total. The fourth-order valence-corrected chi connectivity index (χ4v) is 1.73. The highest BCUT2D eigenvalue weighted by atomic mass is 35.5. The molecule has 0 fully saturated rings. The second kappa shape index (κ2) is 4.64. The molecule has 0 unspecified atom stereocenters. The molecule has 82 valence electrons. The monoisotopic (exact) mass is 233 g/mol. The molecule has 2 rings (SSSR count). The lowest BCUT2D eigenvalue weighted by molar-refractivity contribution is 0.282. The molecule has 0 saturated carbocycles. The maximum absolute atomic E-state index is 9.02. The Morgan fingerprint density at radius 1 is 1.19 bits per heavy atom. The molecule has 2 aromatic rings. The Kier molecular flexibility index (Phi) is 3.22. The van der Waals surface area contributed by atoms with Gasteiger partial charge in [0.15, 0.2) is 0 Å². The average molecular weight is 234 g/mol. The summed E-state index contributed by atoms with van der Waals surface area (Å²) < 4.78 is 0. The summed E-state index contributed by atoms with van der Waals surface area (Å²) in [6, 6.07) is 9.58. The van der Waals surface area contributed by atoms with Crippen LogP contribution < -0.4 is 0 Å². The van der Waals surface area contributed by atoms with Crippen LogP contribution in [0.1, 0.15) is 11.3 Å². The molecule has 3 heteroatoms. The van der Waals surface area contributed by atoms with Crippen molar-refractivity contribution in [2.75, 3.05) is 0 Å². The van der Waals surface area contributed by atoms with Crippen molar-refractivity contribution in [2.45, 2.75) is 13.5 Å². The molecule has 0 amide bonds. The van der Waals surface area contributed by atoms with E-state index in [9.17, 15) is 0 Å². The van der Waals surface area contributed by atoms with Crippen molar-refractivity contribution in [1.82, 2.24) is 4.98 Å². The van der Waals surface area contributed by atoms with E-state index >= 15 is 0 Å². The number of aliphatic hydroxyl groups is 1. The number of hydrogen-bond acceptors (Lipinski definition) is 2. The molecular formula is C13H12ClNO. The SMILES string of the molecule is Cc1ccc(-c2ccc(CO)c(Cl)c2)cn1. The van der Waals surface area contributed by atoms with Crippen LogP contribution in [0.3, 0.4) is 0 Å². The minimum Gasteiger partial charge on any atom is -0.392 e. The van der Waals surface area contributed by atoms with Crippen LogP contribution in [-0.4, -0.2) is 10.1 Å². The number of aliphatic hydroxyl groups excluding tert-OH is 1. The third kappa shape index (κ3) is 2.23. The fraction of sp³-hybridized carbons (Fsp3) is 0.154. The van der Waals surface area contributed by atoms with E-state index in [1.54, 1.807) is 0 Å². The van der Waals surface area contributed by atoms with E-state index in [0.717, 1.165) is 22.4 Å². The minimum absolute atomic E-state index is 0.0364. The predicted octanol–water partition coefficient (Wildman–Crippen LogP) is 3.20. The first-order valence-corrected chi connectivity index (χ1v) is 5.41. The standard InChI is InChI=1S/C13H12ClNO/c1-9-2-3-11(7-15-9)10-4-5-12(8-16)13(14)6-10/h2-7,16H,8H2,1H3. The van der Waals surface area contributed by atoms with Gasteiger partial charge in [-0.25, -0.2) is 0 Å². The number of halogens is 1. The van der Waals surface area contributed by atoms with E-state index in [1.165, 1.54) is 0 Å². The van der Waals surface area contributed by atoms with Crippen molar-refractivity contribution in [3.05, 3.63) is 52.8 Å². The van der Waals surface area contributed by atoms with Crippen molar-refractivity contribution in [1.29, 1.82) is 0 Å². The molecule has 0 aliphatic carbocycles. The summed E-state index contributed by atoms with van der Waals surface area (Å²) in [6.45, 7) is 1.91. The van der Waals surface area contributed by atoms with E-state index in [1.807, 2.05) is 43.5 Å². The molecule has 0 bridgehead atoms. The third-order valence-electron chi connectivity index (χ3n) is 2.47. The molecule has 1 aromatic heterocycles. The van der Waals surface area contributed by atoms with Crippen LogP contribution in [0.25, 0.3) is 11.1 Å². The maximum Gasteiger partial charge on any atom is 0.0696 e. The molecule has 16 heavy (non-hydrogen) atoms. The Morgan fingerprint density at radius 2 is 1.94 bits per heavy atom. The highest BCUT2D eigenvalue weighted by molar-refractivity contribution is 6.31. The summed E-state index contributed by atoms with van der Waals surface area (Å²) in [6.07, 6.45) is 1.82. The number of aromatic nitrogens is 1. The van der Waals surface area contributed by atoms with Gasteiger partial charge < -0.3 is 5.11 Å². The van der Waals surface area contributed by atoms with E-state index in [4.69, 9.17) is 16.7 Å². The van der Waals surface area contributed by atoms with Gasteiger partial charge >= 0.3 is 0 Å². The van der Waals surface area contributed by atoms with Crippen LogP contribution in [0.5, 0.6) is 0 Å². The quantitative estimate of drug-likeness (QED) is 0.864. The van der Waals surface area contributed by atoms with Gasteiger partial charge in [0.25, 0.3) is 0 Å². The minimum atomic E-state index is -0.0364. The second-order valence-corrected chi connectivity index (χ2v) is 4.06.